The number of ether oxygens (including phenoxy) is 2. The van der Waals surface area contributed by atoms with Crippen molar-refractivity contribution in [1.82, 2.24) is 0 Å². The van der Waals surface area contributed by atoms with Crippen molar-refractivity contribution in [3.8, 4) is 11.5 Å². The molecule has 0 bridgehead atoms. The molecule has 0 aromatic heterocycles. The Morgan fingerprint density at radius 2 is 2.25 bits per heavy atom. The third kappa shape index (κ3) is 3.12. The molecule has 0 saturated carbocycles. The number of carbonyl (C=O) groups excluding carboxylic acids is 1. The summed E-state index contributed by atoms with van der Waals surface area (Å²) in [5.41, 5.74) is 0.574. The fourth-order valence-corrected chi connectivity index (χ4v) is 1.29. The minimum atomic E-state index is -0.0174. The smallest absolute Gasteiger partial charge is 0.163 e. The highest BCUT2D eigenvalue weighted by molar-refractivity contribution is 5.97. The summed E-state index contributed by atoms with van der Waals surface area (Å²) in [6.07, 6.45) is 2.52. The van der Waals surface area contributed by atoms with Crippen LogP contribution < -0.4 is 9.47 Å². The van der Waals surface area contributed by atoms with Gasteiger partial charge in [-0.15, -0.1) is 6.58 Å². The van der Waals surface area contributed by atoms with Gasteiger partial charge in [0.25, 0.3) is 0 Å². The molecule has 0 atom stereocenters. The molecule has 1 aromatic rings. The van der Waals surface area contributed by atoms with Gasteiger partial charge in [0.05, 0.1) is 19.3 Å². The van der Waals surface area contributed by atoms with Crippen molar-refractivity contribution in [2.45, 2.75) is 13.3 Å². The summed E-state index contributed by atoms with van der Waals surface area (Å²) in [6, 6.07) is 5.18. The van der Waals surface area contributed by atoms with Gasteiger partial charge in [0.15, 0.2) is 5.78 Å². The zero-order chi connectivity index (χ0) is 12.0. The van der Waals surface area contributed by atoms with Crippen LogP contribution in [-0.4, -0.2) is 19.5 Å². The number of rotatable bonds is 6. The lowest BCUT2D eigenvalue weighted by atomic mass is 10.1. The number of hydrogen-bond acceptors (Lipinski definition) is 3. The zero-order valence-electron chi connectivity index (χ0n) is 9.66. The van der Waals surface area contributed by atoms with Crippen LogP contribution in [-0.2, 0) is 0 Å². The van der Waals surface area contributed by atoms with Gasteiger partial charge in [0.1, 0.15) is 11.5 Å². The molecule has 0 aliphatic carbocycles. The van der Waals surface area contributed by atoms with Crippen molar-refractivity contribution in [2.75, 3.05) is 13.7 Å². The summed E-state index contributed by atoms with van der Waals surface area (Å²) in [5.74, 6) is 1.23. The van der Waals surface area contributed by atoms with Crippen molar-refractivity contribution in [3.63, 3.8) is 0 Å². The third-order valence-electron chi connectivity index (χ3n) is 2.15. The largest absolute Gasteiger partial charge is 0.497 e. The average Bonchev–Trinajstić information content (AvgIpc) is 2.29. The lowest BCUT2D eigenvalue weighted by molar-refractivity contribution is 0.101. The molecule has 0 spiro atoms. The van der Waals surface area contributed by atoms with Gasteiger partial charge in [0, 0.05) is 6.07 Å². The van der Waals surface area contributed by atoms with E-state index < -0.39 is 0 Å². The Hall–Kier alpha value is -1.77. The van der Waals surface area contributed by atoms with Crippen LogP contribution in [0.1, 0.15) is 23.7 Å². The molecule has 0 saturated heterocycles. The van der Waals surface area contributed by atoms with Crippen LogP contribution in [0.3, 0.4) is 0 Å². The average molecular weight is 220 g/mol. The Labute approximate surface area is 95.7 Å². The fraction of sp³-hybridized carbons (Fsp3) is 0.308. The van der Waals surface area contributed by atoms with Gasteiger partial charge in [-0.2, -0.15) is 0 Å². The predicted molar refractivity (Wildman–Crippen MR) is 63.3 cm³/mol. The first kappa shape index (κ1) is 12.3. The van der Waals surface area contributed by atoms with Gasteiger partial charge in [-0.1, -0.05) is 6.08 Å². The standard InChI is InChI=1S/C13H16O3/c1-4-5-8-16-13-9-11(15-3)6-7-12(13)10(2)14/h4,6-7,9H,1,5,8H2,2-3H3. The minimum absolute atomic E-state index is 0.0174. The fourth-order valence-electron chi connectivity index (χ4n) is 1.29. The van der Waals surface area contributed by atoms with Crippen LogP contribution in [0.5, 0.6) is 11.5 Å². The molecule has 0 N–H and O–H groups in total. The van der Waals surface area contributed by atoms with Crippen LogP contribution in [0, 0.1) is 0 Å². The number of hydrogen-bond donors (Lipinski definition) is 0. The summed E-state index contributed by atoms with van der Waals surface area (Å²) in [6.45, 7) is 5.64. The first-order chi connectivity index (χ1) is 7.69. The Balaban J connectivity index is 2.91. The summed E-state index contributed by atoms with van der Waals surface area (Å²) in [7, 11) is 1.58. The van der Waals surface area contributed by atoms with Crippen LogP contribution in [0.2, 0.25) is 0 Å². The third-order valence-corrected chi connectivity index (χ3v) is 2.15. The van der Waals surface area contributed by atoms with E-state index in [2.05, 4.69) is 6.58 Å². The SMILES string of the molecule is C=CCCOc1cc(OC)ccc1C(C)=O. The van der Waals surface area contributed by atoms with E-state index in [1.807, 2.05) is 0 Å². The van der Waals surface area contributed by atoms with Crippen LogP contribution >= 0.6 is 0 Å². The molecule has 16 heavy (non-hydrogen) atoms. The number of benzene rings is 1. The molecule has 3 nitrogen and oxygen atoms in total. The van der Waals surface area contributed by atoms with E-state index in [9.17, 15) is 4.79 Å². The maximum Gasteiger partial charge on any atom is 0.163 e. The molecular formula is C13H16O3. The second kappa shape index (κ2) is 5.95. The van der Waals surface area contributed by atoms with Gasteiger partial charge in [-0.05, 0) is 25.5 Å². The molecule has 0 heterocycles. The van der Waals surface area contributed by atoms with E-state index in [1.165, 1.54) is 6.92 Å². The molecule has 3 heteroatoms. The summed E-state index contributed by atoms with van der Waals surface area (Å²) in [5, 5.41) is 0. The molecular weight excluding hydrogens is 204 g/mol. The van der Waals surface area contributed by atoms with Gasteiger partial charge in [0.2, 0.25) is 0 Å². The van der Waals surface area contributed by atoms with E-state index in [4.69, 9.17) is 9.47 Å². The van der Waals surface area contributed by atoms with Crippen LogP contribution in [0.4, 0.5) is 0 Å². The zero-order valence-corrected chi connectivity index (χ0v) is 9.66. The van der Waals surface area contributed by atoms with Crippen LogP contribution in [0.25, 0.3) is 0 Å². The second-order valence-corrected chi connectivity index (χ2v) is 3.34. The molecule has 1 aromatic carbocycles. The van der Waals surface area contributed by atoms with Gasteiger partial charge in [-0.25, -0.2) is 0 Å². The maximum absolute atomic E-state index is 11.4. The Morgan fingerprint density at radius 1 is 1.50 bits per heavy atom. The summed E-state index contributed by atoms with van der Waals surface area (Å²) in [4.78, 5) is 11.4. The first-order valence-corrected chi connectivity index (χ1v) is 5.11. The van der Waals surface area contributed by atoms with E-state index in [1.54, 1.807) is 31.4 Å². The lowest BCUT2D eigenvalue weighted by Crippen LogP contribution is -2.02. The van der Waals surface area contributed by atoms with Gasteiger partial charge in [-0.3, -0.25) is 4.79 Å². The molecule has 0 unspecified atom stereocenters. The summed E-state index contributed by atoms with van der Waals surface area (Å²) >= 11 is 0. The topological polar surface area (TPSA) is 35.5 Å². The minimum Gasteiger partial charge on any atom is -0.497 e. The first-order valence-electron chi connectivity index (χ1n) is 5.11. The van der Waals surface area contributed by atoms with Gasteiger partial charge >= 0.3 is 0 Å². The highest BCUT2D eigenvalue weighted by Crippen LogP contribution is 2.25. The highest BCUT2D eigenvalue weighted by atomic mass is 16.5. The monoisotopic (exact) mass is 220 g/mol. The van der Waals surface area contributed by atoms with Crippen molar-refractivity contribution < 1.29 is 14.3 Å². The van der Waals surface area contributed by atoms with E-state index in [0.29, 0.717) is 23.7 Å². The van der Waals surface area contributed by atoms with Crippen molar-refractivity contribution in [3.05, 3.63) is 36.4 Å². The van der Waals surface area contributed by atoms with Crippen molar-refractivity contribution in [2.24, 2.45) is 0 Å². The number of carbonyl (C=O) groups is 1. The molecule has 86 valence electrons. The Morgan fingerprint density at radius 3 is 2.81 bits per heavy atom. The molecule has 0 aliphatic rings. The Kier molecular flexibility index (Phi) is 4.58. The van der Waals surface area contributed by atoms with E-state index in [0.717, 1.165) is 6.42 Å². The van der Waals surface area contributed by atoms with E-state index >= 15 is 0 Å². The normalized spacial score (nSPS) is 9.62. The van der Waals surface area contributed by atoms with Crippen molar-refractivity contribution >= 4 is 5.78 Å². The quantitative estimate of drug-likeness (QED) is 0.420. The molecule has 0 radical (unpaired) electrons. The highest BCUT2D eigenvalue weighted by Gasteiger charge is 2.09. The van der Waals surface area contributed by atoms with Crippen LogP contribution in [0.15, 0.2) is 30.9 Å². The summed E-state index contributed by atoms with van der Waals surface area (Å²) < 4.78 is 10.6. The van der Waals surface area contributed by atoms with Gasteiger partial charge < -0.3 is 9.47 Å². The number of Topliss-reactive ketones (excluding diaryl/α,β-unsaturated/α-hetero) is 1. The number of ketones is 1. The Bertz CT molecular complexity index is 383. The molecule has 0 fully saturated rings. The maximum atomic E-state index is 11.4. The second-order valence-electron chi connectivity index (χ2n) is 3.34. The number of methoxy groups -OCH3 is 1. The molecule has 0 amide bonds. The molecule has 1 rings (SSSR count). The molecule has 0 aliphatic heterocycles. The van der Waals surface area contributed by atoms with E-state index in [-0.39, 0.29) is 5.78 Å². The lowest BCUT2D eigenvalue weighted by Gasteiger charge is -2.10. The van der Waals surface area contributed by atoms with Crippen molar-refractivity contribution in [1.29, 1.82) is 0 Å². The predicted octanol–water partition coefficient (Wildman–Crippen LogP) is 2.85.